The molecule has 0 saturated carbocycles. The van der Waals surface area contributed by atoms with Crippen LogP contribution in [0.3, 0.4) is 0 Å². The number of amides is 2. The summed E-state index contributed by atoms with van der Waals surface area (Å²) in [5, 5.41) is 0. The summed E-state index contributed by atoms with van der Waals surface area (Å²) in [6, 6.07) is 9.39. The van der Waals surface area contributed by atoms with Gasteiger partial charge in [0.1, 0.15) is 43.7 Å². The minimum Gasteiger partial charge on any atom is -0.463 e. The van der Waals surface area contributed by atoms with Crippen molar-refractivity contribution in [3.05, 3.63) is 35.9 Å². The molecule has 0 unspecified atom stereocenters. The molecule has 0 bridgehead atoms. The van der Waals surface area contributed by atoms with Gasteiger partial charge in [-0.3, -0.25) is 38.4 Å². The fourth-order valence-corrected chi connectivity index (χ4v) is 7.58. The molecular weight excluding hydrogens is 888 g/mol. The molecule has 2 amide bonds. The van der Waals surface area contributed by atoms with Crippen molar-refractivity contribution in [3.63, 3.8) is 0 Å². The topological polar surface area (TPSA) is 299 Å². The van der Waals surface area contributed by atoms with Crippen molar-refractivity contribution in [1.29, 1.82) is 0 Å². The molecule has 11 atom stereocenters. The molecule has 1 aromatic carbocycles. The second kappa shape index (κ2) is 29.5. The van der Waals surface area contributed by atoms with Gasteiger partial charge in [0.25, 0.3) is 0 Å². The number of nitrogens with two attached hydrogens (primary N) is 2. The third kappa shape index (κ3) is 21.1. The molecule has 22 heteroatoms. The van der Waals surface area contributed by atoms with Crippen molar-refractivity contribution in [2.75, 3.05) is 39.6 Å². The van der Waals surface area contributed by atoms with E-state index in [-0.39, 0.29) is 39.5 Å². The van der Waals surface area contributed by atoms with Crippen LogP contribution in [-0.2, 0) is 102 Å². The Hall–Kier alpha value is -5.26. The maximum atomic E-state index is 12.4. The van der Waals surface area contributed by atoms with Gasteiger partial charge in [0.05, 0.1) is 31.7 Å². The van der Waals surface area contributed by atoms with Crippen LogP contribution < -0.4 is 11.5 Å². The van der Waals surface area contributed by atoms with Gasteiger partial charge < -0.3 is 68.3 Å². The monoisotopic (exact) mass is 954 g/mol. The van der Waals surface area contributed by atoms with Gasteiger partial charge in [0.2, 0.25) is 11.8 Å². The first kappa shape index (κ1) is 56.1. The lowest BCUT2D eigenvalue weighted by molar-refractivity contribution is -0.307. The molecular formula is C45H66N2O20. The molecule has 67 heavy (non-hydrogen) atoms. The number of rotatable bonds is 29. The number of ether oxygens (including phenoxy) is 12. The Balaban J connectivity index is 1.63. The Bertz CT molecular complexity index is 1760. The number of unbranched alkanes of at least 4 members (excludes halogenated alkanes) is 4. The van der Waals surface area contributed by atoms with E-state index in [4.69, 9.17) is 68.3 Å². The molecule has 2 aliphatic rings. The van der Waals surface area contributed by atoms with Crippen molar-refractivity contribution in [2.24, 2.45) is 23.3 Å². The molecule has 376 valence electrons. The third-order valence-electron chi connectivity index (χ3n) is 10.3. The van der Waals surface area contributed by atoms with Crippen molar-refractivity contribution in [3.8, 4) is 0 Å². The zero-order valence-corrected chi connectivity index (χ0v) is 39.0. The molecule has 2 aliphatic heterocycles. The Labute approximate surface area is 389 Å². The normalized spacial score (nSPS) is 25.2. The van der Waals surface area contributed by atoms with E-state index in [0.717, 1.165) is 52.5 Å². The fraction of sp³-hybridized carbons (Fsp3) is 0.689. The molecule has 2 saturated heterocycles. The van der Waals surface area contributed by atoms with E-state index in [0.29, 0.717) is 19.4 Å². The average Bonchev–Trinajstić information content (AvgIpc) is 3.23. The standard InChI is InChI=1S/C45H66N2O20/c1-26(48)59-24-36-42(63-30(5)52)40(61-28(3)50)34(19-38(46)54)44(66-36)58-18-14-9-7-8-13-17-56-22-33(23-57-21-32-15-11-10-12-16-32)65-45-35(20-39(47)55)41(62-29(4)51)43(64-31(6)53)37(67-45)25-60-27(2)49/h10-12,15-16,33-37,40-45H,7-9,13-14,17-25H2,1-6H3,(H2,46,54)(H2,47,55)/t33-,34+,35+,36+,37+,40+,41+,42-,43-,44+,45+/m0/s1. The molecule has 22 nitrogen and oxygen atoms in total. The molecule has 0 spiro atoms. The van der Waals surface area contributed by atoms with Crippen LogP contribution in [0, 0.1) is 11.8 Å². The summed E-state index contributed by atoms with van der Waals surface area (Å²) in [5.41, 5.74) is 12.1. The largest absolute Gasteiger partial charge is 0.463 e. The van der Waals surface area contributed by atoms with Crippen LogP contribution in [0.15, 0.2) is 30.3 Å². The van der Waals surface area contributed by atoms with Crippen molar-refractivity contribution < 1.29 is 95.2 Å². The van der Waals surface area contributed by atoms with Crippen LogP contribution in [0.2, 0.25) is 0 Å². The van der Waals surface area contributed by atoms with E-state index in [1.54, 1.807) is 0 Å². The summed E-state index contributed by atoms with van der Waals surface area (Å²) in [4.78, 5) is 96.6. The Morgan fingerprint density at radius 2 is 0.970 bits per heavy atom. The minimum atomic E-state index is -1.30. The van der Waals surface area contributed by atoms with Gasteiger partial charge >= 0.3 is 35.8 Å². The van der Waals surface area contributed by atoms with Crippen LogP contribution in [-0.4, -0.2) is 143 Å². The first-order valence-electron chi connectivity index (χ1n) is 22.1. The number of hydrogen-bond donors (Lipinski definition) is 2. The lowest BCUT2D eigenvalue weighted by Gasteiger charge is -2.45. The first-order chi connectivity index (χ1) is 31.8. The van der Waals surface area contributed by atoms with Gasteiger partial charge in [0, 0.05) is 67.6 Å². The second-order valence-electron chi connectivity index (χ2n) is 16.1. The summed E-state index contributed by atoms with van der Waals surface area (Å²) in [5.74, 6) is -7.71. The van der Waals surface area contributed by atoms with Gasteiger partial charge in [-0.15, -0.1) is 0 Å². The highest BCUT2D eigenvalue weighted by molar-refractivity contribution is 5.75. The smallest absolute Gasteiger partial charge is 0.303 e. The molecule has 2 heterocycles. The zero-order chi connectivity index (χ0) is 49.5. The second-order valence-corrected chi connectivity index (χ2v) is 16.1. The molecule has 3 rings (SSSR count). The molecule has 4 N–H and O–H groups in total. The quantitative estimate of drug-likeness (QED) is 0.0658. The van der Waals surface area contributed by atoms with E-state index >= 15 is 0 Å². The van der Waals surface area contributed by atoms with Crippen LogP contribution in [0.25, 0.3) is 0 Å². The van der Waals surface area contributed by atoms with Gasteiger partial charge in [-0.05, 0) is 18.4 Å². The van der Waals surface area contributed by atoms with Gasteiger partial charge in [-0.1, -0.05) is 49.6 Å². The van der Waals surface area contributed by atoms with Crippen molar-refractivity contribution >= 4 is 47.6 Å². The maximum Gasteiger partial charge on any atom is 0.303 e. The molecule has 1 aromatic rings. The Morgan fingerprint density at radius 1 is 0.537 bits per heavy atom. The van der Waals surface area contributed by atoms with Crippen molar-refractivity contribution in [1.82, 2.24) is 0 Å². The van der Waals surface area contributed by atoms with Gasteiger partial charge in [-0.25, -0.2) is 0 Å². The van der Waals surface area contributed by atoms with Crippen LogP contribution in [0.4, 0.5) is 0 Å². The molecule has 0 radical (unpaired) electrons. The van der Waals surface area contributed by atoms with E-state index in [1.807, 2.05) is 30.3 Å². The molecule has 2 fully saturated rings. The van der Waals surface area contributed by atoms with Crippen LogP contribution >= 0.6 is 0 Å². The van der Waals surface area contributed by atoms with E-state index in [9.17, 15) is 38.4 Å². The number of primary amides is 2. The van der Waals surface area contributed by atoms with Crippen molar-refractivity contribution in [2.45, 2.75) is 148 Å². The predicted molar refractivity (Wildman–Crippen MR) is 228 cm³/mol. The zero-order valence-electron chi connectivity index (χ0n) is 39.0. The van der Waals surface area contributed by atoms with E-state index in [2.05, 4.69) is 0 Å². The van der Waals surface area contributed by atoms with E-state index < -0.39 is 128 Å². The summed E-state index contributed by atoms with van der Waals surface area (Å²) >= 11 is 0. The predicted octanol–water partition coefficient (Wildman–Crippen LogP) is 1.86. The molecule has 0 aliphatic carbocycles. The lowest BCUT2D eigenvalue weighted by Crippen LogP contribution is -2.60. The van der Waals surface area contributed by atoms with Gasteiger partial charge in [0.15, 0.2) is 24.8 Å². The number of hydrogen-bond acceptors (Lipinski definition) is 20. The number of carbonyl (C=O) groups is 8. The number of benzene rings is 1. The van der Waals surface area contributed by atoms with Gasteiger partial charge in [-0.2, -0.15) is 0 Å². The fourth-order valence-electron chi connectivity index (χ4n) is 7.58. The minimum absolute atomic E-state index is 0.000196. The third-order valence-corrected chi connectivity index (χ3v) is 10.3. The molecule has 0 aromatic heterocycles. The Morgan fingerprint density at radius 3 is 1.45 bits per heavy atom. The summed E-state index contributed by atoms with van der Waals surface area (Å²) in [6.07, 6.45) is -7.71. The SMILES string of the molecule is CC(=O)OC[C@H]1O[C@@H](OCCCCCCCOC[C@@H](COCc2ccccc2)O[C@@H]2O[C@H](COC(C)=O)[C@H](OC(C)=O)[C@H](OC(C)=O)[C@H]2CC(N)=O)[C@H](CC(N)=O)[C@@H](OC(C)=O)[C@H]1OC(C)=O. The maximum absolute atomic E-state index is 12.4. The summed E-state index contributed by atoms with van der Waals surface area (Å²) in [6.45, 7) is 6.95. The summed E-state index contributed by atoms with van der Waals surface area (Å²) < 4.78 is 69.1. The highest BCUT2D eigenvalue weighted by Crippen LogP contribution is 2.36. The number of carbonyl (C=O) groups excluding carboxylic acids is 8. The summed E-state index contributed by atoms with van der Waals surface area (Å²) in [7, 11) is 0. The van der Waals surface area contributed by atoms with E-state index in [1.165, 1.54) is 13.8 Å². The first-order valence-corrected chi connectivity index (χ1v) is 22.1. The Kier molecular flexibility index (Phi) is 24.7. The number of esters is 6. The average molecular weight is 955 g/mol. The van der Waals surface area contributed by atoms with Crippen LogP contribution in [0.1, 0.15) is 92.1 Å². The highest BCUT2D eigenvalue weighted by Gasteiger charge is 2.53. The lowest BCUT2D eigenvalue weighted by atomic mass is 9.87. The highest BCUT2D eigenvalue weighted by atomic mass is 16.7. The van der Waals surface area contributed by atoms with Crippen LogP contribution in [0.5, 0.6) is 0 Å².